The van der Waals surface area contributed by atoms with Crippen molar-refractivity contribution >= 4 is 15.9 Å². The molecule has 1 aromatic carbocycles. The number of rotatable bonds is 3. The highest BCUT2D eigenvalue weighted by Crippen LogP contribution is 2.37. The molecule has 17 heavy (non-hydrogen) atoms. The first-order valence-electron chi connectivity index (χ1n) is 6.63. The van der Waals surface area contributed by atoms with Crippen molar-refractivity contribution in [2.75, 3.05) is 7.05 Å². The molecule has 1 aliphatic carbocycles. The first-order chi connectivity index (χ1) is 8.20. The third kappa shape index (κ3) is 3.32. The number of halogens is 1. The van der Waals surface area contributed by atoms with Gasteiger partial charge in [-0.05, 0) is 49.4 Å². The van der Waals surface area contributed by atoms with Crippen LogP contribution in [0.1, 0.15) is 44.2 Å². The average Bonchev–Trinajstić information content (AvgIpc) is 2.33. The Morgan fingerprint density at radius 3 is 2.53 bits per heavy atom. The number of hydrogen-bond acceptors (Lipinski definition) is 1. The smallest absolute Gasteiger partial charge is 0.0346 e. The molecule has 3 unspecified atom stereocenters. The minimum absolute atomic E-state index is 0.519. The monoisotopic (exact) mass is 295 g/mol. The molecule has 0 bridgehead atoms. The van der Waals surface area contributed by atoms with Crippen LogP contribution in [0.25, 0.3) is 0 Å². The quantitative estimate of drug-likeness (QED) is 0.863. The van der Waals surface area contributed by atoms with Crippen LogP contribution in [0.15, 0.2) is 28.7 Å². The van der Waals surface area contributed by atoms with Gasteiger partial charge in [-0.15, -0.1) is 0 Å². The van der Waals surface area contributed by atoms with Gasteiger partial charge >= 0.3 is 0 Å². The van der Waals surface area contributed by atoms with Crippen LogP contribution >= 0.6 is 15.9 Å². The number of hydrogen-bond donors (Lipinski definition) is 1. The minimum Gasteiger partial charge on any atom is -0.313 e. The van der Waals surface area contributed by atoms with E-state index in [0.29, 0.717) is 6.04 Å². The fraction of sp³-hybridized carbons (Fsp3) is 0.600. The van der Waals surface area contributed by atoms with Crippen LogP contribution in [-0.2, 0) is 0 Å². The maximum atomic E-state index is 3.51. The van der Waals surface area contributed by atoms with Crippen LogP contribution in [0.4, 0.5) is 0 Å². The van der Waals surface area contributed by atoms with Crippen LogP contribution in [0.2, 0.25) is 0 Å². The van der Waals surface area contributed by atoms with Crippen LogP contribution in [0.3, 0.4) is 0 Å². The zero-order valence-electron chi connectivity index (χ0n) is 10.7. The van der Waals surface area contributed by atoms with Crippen molar-refractivity contribution in [1.29, 1.82) is 0 Å². The molecule has 1 saturated carbocycles. The molecule has 1 aliphatic rings. The van der Waals surface area contributed by atoms with Crippen LogP contribution in [0, 0.1) is 11.8 Å². The molecule has 1 N–H and O–H groups in total. The fourth-order valence-electron chi connectivity index (χ4n) is 3.13. The van der Waals surface area contributed by atoms with Gasteiger partial charge in [-0.25, -0.2) is 0 Å². The van der Waals surface area contributed by atoms with E-state index in [1.807, 2.05) is 0 Å². The Morgan fingerprint density at radius 2 is 1.94 bits per heavy atom. The van der Waals surface area contributed by atoms with Gasteiger partial charge in [0.05, 0.1) is 0 Å². The summed E-state index contributed by atoms with van der Waals surface area (Å²) in [6.45, 7) is 2.39. The maximum Gasteiger partial charge on any atom is 0.0346 e. The molecule has 94 valence electrons. The van der Waals surface area contributed by atoms with Crippen LogP contribution in [-0.4, -0.2) is 7.05 Å². The summed E-state index contributed by atoms with van der Waals surface area (Å²) in [5.74, 6) is 1.69. The molecular weight excluding hydrogens is 274 g/mol. The molecule has 2 rings (SSSR count). The summed E-state index contributed by atoms with van der Waals surface area (Å²) in [6, 6.07) is 9.29. The first-order valence-corrected chi connectivity index (χ1v) is 7.42. The van der Waals surface area contributed by atoms with E-state index in [2.05, 4.69) is 59.5 Å². The predicted octanol–water partition coefficient (Wildman–Crippen LogP) is 4.54. The van der Waals surface area contributed by atoms with E-state index in [9.17, 15) is 0 Å². The highest BCUT2D eigenvalue weighted by molar-refractivity contribution is 9.10. The summed E-state index contributed by atoms with van der Waals surface area (Å²) in [6.07, 6.45) is 5.53. The highest BCUT2D eigenvalue weighted by atomic mass is 79.9. The van der Waals surface area contributed by atoms with Gasteiger partial charge in [0.25, 0.3) is 0 Å². The van der Waals surface area contributed by atoms with Gasteiger partial charge in [0.1, 0.15) is 0 Å². The van der Waals surface area contributed by atoms with Gasteiger partial charge in [0.15, 0.2) is 0 Å². The van der Waals surface area contributed by atoms with E-state index < -0.39 is 0 Å². The summed E-state index contributed by atoms with van der Waals surface area (Å²) >= 11 is 3.50. The van der Waals surface area contributed by atoms with Crippen molar-refractivity contribution in [2.45, 2.75) is 38.6 Å². The lowest BCUT2D eigenvalue weighted by atomic mass is 9.77. The van der Waals surface area contributed by atoms with Crippen LogP contribution in [0.5, 0.6) is 0 Å². The lowest BCUT2D eigenvalue weighted by Gasteiger charge is -2.33. The third-order valence-corrected chi connectivity index (χ3v) is 4.52. The molecule has 0 amide bonds. The summed E-state index contributed by atoms with van der Waals surface area (Å²) in [7, 11) is 2.09. The molecule has 1 fully saturated rings. The van der Waals surface area contributed by atoms with Crippen molar-refractivity contribution in [3.63, 3.8) is 0 Å². The normalized spacial score (nSPS) is 26.8. The summed E-state index contributed by atoms with van der Waals surface area (Å²) in [5.41, 5.74) is 1.43. The largest absolute Gasteiger partial charge is 0.313 e. The van der Waals surface area contributed by atoms with Crippen molar-refractivity contribution in [1.82, 2.24) is 5.32 Å². The second kappa shape index (κ2) is 6.01. The molecule has 0 aromatic heterocycles. The second-order valence-corrected chi connectivity index (χ2v) is 6.27. The molecule has 0 spiro atoms. The van der Waals surface area contributed by atoms with Gasteiger partial charge < -0.3 is 5.32 Å². The minimum atomic E-state index is 0.519. The molecule has 1 aromatic rings. The summed E-state index contributed by atoms with van der Waals surface area (Å²) < 4.78 is 1.16. The van der Waals surface area contributed by atoms with Crippen molar-refractivity contribution in [2.24, 2.45) is 11.8 Å². The van der Waals surface area contributed by atoms with E-state index in [0.717, 1.165) is 16.3 Å². The number of nitrogens with one attached hydrogen (secondary N) is 1. The molecule has 0 saturated heterocycles. The van der Waals surface area contributed by atoms with E-state index in [4.69, 9.17) is 0 Å². The maximum absolute atomic E-state index is 3.51. The second-order valence-electron chi connectivity index (χ2n) is 5.35. The molecule has 0 heterocycles. The lowest BCUT2D eigenvalue weighted by molar-refractivity contribution is 0.230. The Bertz CT molecular complexity index is 346. The predicted molar refractivity (Wildman–Crippen MR) is 77.1 cm³/mol. The van der Waals surface area contributed by atoms with Gasteiger partial charge in [0, 0.05) is 10.5 Å². The van der Waals surface area contributed by atoms with Crippen molar-refractivity contribution in [3.05, 3.63) is 34.3 Å². The molecular formula is C15H22BrN. The molecule has 3 atom stereocenters. The summed E-state index contributed by atoms with van der Waals surface area (Å²) in [5, 5.41) is 3.51. The van der Waals surface area contributed by atoms with Gasteiger partial charge in [-0.1, -0.05) is 47.8 Å². The molecule has 1 nitrogen and oxygen atoms in total. The standard InChI is InChI=1S/C15H22BrN/c1-11-4-3-5-13(10-11)15(17-2)12-6-8-14(16)9-7-12/h6-9,11,13,15,17H,3-5,10H2,1-2H3. The highest BCUT2D eigenvalue weighted by Gasteiger charge is 2.26. The van der Waals surface area contributed by atoms with E-state index >= 15 is 0 Å². The molecule has 0 radical (unpaired) electrons. The van der Waals surface area contributed by atoms with Crippen LogP contribution < -0.4 is 5.32 Å². The lowest BCUT2D eigenvalue weighted by Crippen LogP contribution is -2.28. The SMILES string of the molecule is CNC(c1ccc(Br)cc1)C1CCCC(C)C1. The zero-order valence-corrected chi connectivity index (χ0v) is 12.3. The topological polar surface area (TPSA) is 12.0 Å². The van der Waals surface area contributed by atoms with Gasteiger partial charge in [-0.3, -0.25) is 0 Å². The zero-order chi connectivity index (χ0) is 12.3. The number of benzene rings is 1. The first kappa shape index (κ1) is 13.1. The van der Waals surface area contributed by atoms with E-state index in [1.54, 1.807) is 0 Å². The van der Waals surface area contributed by atoms with Gasteiger partial charge in [-0.2, -0.15) is 0 Å². The van der Waals surface area contributed by atoms with Crippen molar-refractivity contribution < 1.29 is 0 Å². The fourth-order valence-corrected chi connectivity index (χ4v) is 3.39. The Labute approximate surface area is 113 Å². The average molecular weight is 296 g/mol. The Morgan fingerprint density at radius 1 is 1.24 bits per heavy atom. The summed E-state index contributed by atoms with van der Waals surface area (Å²) in [4.78, 5) is 0. The van der Waals surface area contributed by atoms with Gasteiger partial charge in [0.2, 0.25) is 0 Å². The Hall–Kier alpha value is -0.340. The Kier molecular flexibility index (Phi) is 4.63. The van der Waals surface area contributed by atoms with E-state index in [-0.39, 0.29) is 0 Å². The van der Waals surface area contributed by atoms with E-state index in [1.165, 1.54) is 31.2 Å². The Balaban J connectivity index is 2.12. The third-order valence-electron chi connectivity index (χ3n) is 3.99. The van der Waals surface area contributed by atoms with Crippen molar-refractivity contribution in [3.8, 4) is 0 Å². The molecule has 2 heteroatoms. The molecule has 0 aliphatic heterocycles.